The van der Waals surface area contributed by atoms with Gasteiger partial charge in [0.05, 0.1) is 6.07 Å². The fourth-order valence-corrected chi connectivity index (χ4v) is 3.21. The van der Waals surface area contributed by atoms with Crippen molar-refractivity contribution in [1.29, 1.82) is 5.26 Å². The van der Waals surface area contributed by atoms with E-state index in [1.807, 2.05) is 24.3 Å². The number of halogens is 1. The highest BCUT2D eigenvalue weighted by Crippen LogP contribution is 2.40. The van der Waals surface area contributed by atoms with Crippen LogP contribution >= 0.6 is 15.9 Å². The van der Waals surface area contributed by atoms with Gasteiger partial charge in [-0.15, -0.1) is 0 Å². The van der Waals surface area contributed by atoms with Crippen LogP contribution in [0.1, 0.15) is 23.1 Å². The summed E-state index contributed by atoms with van der Waals surface area (Å²) in [5.74, 6) is 0. The molecule has 0 heterocycles. The number of rotatable bonds is 2. The zero-order valence-corrected chi connectivity index (χ0v) is 12.9. The molecule has 3 heteroatoms. The quantitative estimate of drug-likeness (QED) is 0.879. The number of nitrogens with zero attached hydrogens (tertiary/aromatic N) is 1. The second-order valence-electron chi connectivity index (χ2n) is 5.28. The van der Waals surface area contributed by atoms with Gasteiger partial charge in [-0.05, 0) is 59.0 Å². The molecule has 0 spiro atoms. The summed E-state index contributed by atoms with van der Waals surface area (Å²) in [5, 5.41) is 13.2. The zero-order chi connectivity index (χ0) is 14.2. The molecule has 0 saturated carbocycles. The van der Waals surface area contributed by atoms with Crippen LogP contribution in [0.15, 0.2) is 46.9 Å². The van der Waals surface area contributed by atoms with Gasteiger partial charge in [-0.1, -0.05) is 35.9 Å². The summed E-state index contributed by atoms with van der Waals surface area (Å²) >= 11 is 3.54. The summed E-state index contributed by atoms with van der Waals surface area (Å²) in [5.41, 5.74) is 3.93. The Bertz CT molecular complexity index is 702. The molecule has 3 rings (SSSR count). The lowest BCUT2D eigenvalue weighted by Crippen LogP contribution is -2.31. The third-order valence-corrected chi connectivity index (χ3v) is 4.60. The van der Waals surface area contributed by atoms with Crippen molar-refractivity contribution in [2.75, 3.05) is 5.32 Å². The second kappa shape index (κ2) is 4.96. The predicted molar refractivity (Wildman–Crippen MR) is 84.6 cm³/mol. The first kappa shape index (κ1) is 13.2. The van der Waals surface area contributed by atoms with Gasteiger partial charge >= 0.3 is 0 Å². The number of fused-ring (bicyclic) bond motifs is 1. The van der Waals surface area contributed by atoms with E-state index in [0.717, 1.165) is 28.6 Å². The molecule has 2 aromatic rings. The molecule has 1 N–H and O–H groups in total. The molecule has 0 amide bonds. The zero-order valence-electron chi connectivity index (χ0n) is 11.3. The monoisotopic (exact) mass is 326 g/mol. The van der Waals surface area contributed by atoms with Gasteiger partial charge in [0.15, 0.2) is 5.54 Å². The number of aryl methyl sites for hydroxylation is 2. The third kappa shape index (κ3) is 2.10. The molecule has 1 unspecified atom stereocenters. The van der Waals surface area contributed by atoms with Crippen LogP contribution in [-0.2, 0) is 12.0 Å². The van der Waals surface area contributed by atoms with E-state index in [9.17, 15) is 5.26 Å². The van der Waals surface area contributed by atoms with Crippen molar-refractivity contribution < 1.29 is 0 Å². The average molecular weight is 327 g/mol. The van der Waals surface area contributed by atoms with Gasteiger partial charge in [-0.3, -0.25) is 0 Å². The lowest BCUT2D eigenvalue weighted by atomic mass is 9.92. The number of nitriles is 1. The van der Waals surface area contributed by atoms with Crippen LogP contribution in [0.4, 0.5) is 5.69 Å². The van der Waals surface area contributed by atoms with Gasteiger partial charge < -0.3 is 5.32 Å². The van der Waals surface area contributed by atoms with Crippen LogP contribution in [0.3, 0.4) is 0 Å². The van der Waals surface area contributed by atoms with Crippen molar-refractivity contribution in [3.8, 4) is 6.07 Å². The first-order valence-electron chi connectivity index (χ1n) is 6.69. The Kier molecular flexibility index (Phi) is 3.27. The minimum Gasteiger partial charge on any atom is -0.363 e. The molecule has 20 heavy (non-hydrogen) atoms. The van der Waals surface area contributed by atoms with Crippen LogP contribution < -0.4 is 5.32 Å². The summed E-state index contributed by atoms with van der Waals surface area (Å²) < 4.78 is 0.982. The molecule has 1 aliphatic carbocycles. The van der Waals surface area contributed by atoms with E-state index in [1.165, 1.54) is 11.1 Å². The minimum atomic E-state index is -0.620. The summed E-state index contributed by atoms with van der Waals surface area (Å²) in [4.78, 5) is 0. The van der Waals surface area contributed by atoms with E-state index >= 15 is 0 Å². The first-order chi connectivity index (χ1) is 9.64. The highest BCUT2D eigenvalue weighted by Gasteiger charge is 2.39. The van der Waals surface area contributed by atoms with Crippen LogP contribution in [0, 0.1) is 18.3 Å². The molecule has 0 saturated heterocycles. The van der Waals surface area contributed by atoms with Gasteiger partial charge in [0, 0.05) is 10.2 Å². The van der Waals surface area contributed by atoms with Gasteiger partial charge in [0.25, 0.3) is 0 Å². The number of hydrogen-bond donors (Lipinski definition) is 1. The van der Waals surface area contributed by atoms with E-state index in [4.69, 9.17) is 0 Å². The van der Waals surface area contributed by atoms with Gasteiger partial charge in [-0.25, -0.2) is 0 Å². The Balaban J connectivity index is 2.06. The van der Waals surface area contributed by atoms with Crippen LogP contribution in [0.25, 0.3) is 0 Å². The Hall–Kier alpha value is -1.79. The number of anilines is 1. The van der Waals surface area contributed by atoms with E-state index < -0.39 is 5.54 Å². The highest BCUT2D eigenvalue weighted by molar-refractivity contribution is 9.10. The molecule has 0 bridgehead atoms. The molecule has 0 radical (unpaired) electrons. The molecule has 1 aliphatic rings. The Morgan fingerprint density at radius 3 is 2.80 bits per heavy atom. The minimum absolute atomic E-state index is 0.620. The topological polar surface area (TPSA) is 35.8 Å². The second-order valence-corrected chi connectivity index (χ2v) is 6.14. The van der Waals surface area contributed by atoms with Gasteiger partial charge in [0.2, 0.25) is 0 Å². The van der Waals surface area contributed by atoms with E-state index in [1.54, 1.807) is 0 Å². The number of benzene rings is 2. The highest BCUT2D eigenvalue weighted by atomic mass is 79.9. The summed E-state index contributed by atoms with van der Waals surface area (Å²) in [7, 11) is 0. The Morgan fingerprint density at radius 2 is 2.05 bits per heavy atom. The smallest absolute Gasteiger partial charge is 0.151 e. The first-order valence-corrected chi connectivity index (χ1v) is 7.48. The van der Waals surface area contributed by atoms with E-state index in [-0.39, 0.29) is 0 Å². The maximum atomic E-state index is 9.78. The molecule has 1 atom stereocenters. The standard InChI is InChI=1S/C17H15BrN2/c1-12-6-7-13-8-9-17(11-19,14(13)10-12)20-16-5-3-2-4-15(16)18/h2-7,10,20H,8-9H2,1H3. The van der Waals surface area contributed by atoms with Crippen molar-refractivity contribution in [1.82, 2.24) is 0 Å². The number of hydrogen-bond acceptors (Lipinski definition) is 2. The lowest BCUT2D eigenvalue weighted by molar-refractivity contribution is 0.620. The van der Waals surface area contributed by atoms with Crippen LogP contribution in [0.5, 0.6) is 0 Å². The maximum absolute atomic E-state index is 9.78. The van der Waals surface area contributed by atoms with Gasteiger partial charge in [0.1, 0.15) is 0 Å². The Labute approximate surface area is 127 Å². The molecular weight excluding hydrogens is 312 g/mol. The average Bonchev–Trinajstić information content (AvgIpc) is 2.80. The molecule has 2 nitrogen and oxygen atoms in total. The van der Waals surface area contributed by atoms with Crippen molar-refractivity contribution >= 4 is 21.6 Å². The third-order valence-electron chi connectivity index (χ3n) is 3.91. The predicted octanol–water partition coefficient (Wildman–Crippen LogP) is 4.53. The summed E-state index contributed by atoms with van der Waals surface area (Å²) in [6.45, 7) is 2.07. The fraction of sp³-hybridized carbons (Fsp3) is 0.235. The van der Waals surface area contributed by atoms with Crippen LogP contribution in [-0.4, -0.2) is 0 Å². The van der Waals surface area contributed by atoms with Gasteiger partial charge in [-0.2, -0.15) is 5.26 Å². The van der Waals surface area contributed by atoms with Crippen molar-refractivity contribution in [2.45, 2.75) is 25.3 Å². The van der Waals surface area contributed by atoms with E-state index in [2.05, 4.69) is 52.4 Å². The number of nitrogens with one attached hydrogen (secondary N) is 1. The molecule has 0 aliphatic heterocycles. The number of para-hydroxylation sites is 1. The Morgan fingerprint density at radius 1 is 1.25 bits per heavy atom. The lowest BCUT2D eigenvalue weighted by Gasteiger charge is -2.26. The molecule has 0 fully saturated rings. The molecule has 0 aromatic heterocycles. The SMILES string of the molecule is Cc1ccc2c(c1)C(C#N)(Nc1ccccc1Br)CC2. The summed E-state index contributed by atoms with van der Waals surface area (Å²) in [6, 6.07) is 16.8. The van der Waals surface area contributed by atoms with E-state index in [0.29, 0.717) is 0 Å². The van der Waals surface area contributed by atoms with Crippen molar-refractivity contribution in [3.05, 3.63) is 63.6 Å². The summed E-state index contributed by atoms with van der Waals surface area (Å²) in [6.07, 6.45) is 1.75. The maximum Gasteiger partial charge on any atom is 0.151 e. The fourth-order valence-electron chi connectivity index (χ4n) is 2.83. The van der Waals surface area contributed by atoms with Crippen LogP contribution in [0.2, 0.25) is 0 Å². The molecule has 2 aromatic carbocycles. The molecule has 100 valence electrons. The normalized spacial score (nSPS) is 20.2. The van der Waals surface area contributed by atoms with Crippen molar-refractivity contribution in [2.24, 2.45) is 0 Å². The van der Waals surface area contributed by atoms with Crippen molar-refractivity contribution in [3.63, 3.8) is 0 Å². The largest absolute Gasteiger partial charge is 0.363 e. The molecular formula is C17H15BrN2.